The molecule has 3 rings (SSSR count). The number of allylic oxidation sites excluding steroid dienone is 1. The summed E-state index contributed by atoms with van der Waals surface area (Å²) in [7, 11) is 1.68. The van der Waals surface area contributed by atoms with Gasteiger partial charge in [0.05, 0.1) is 5.69 Å². The molecular formula is C20H26N4O2. The molecule has 0 radical (unpaired) electrons. The van der Waals surface area contributed by atoms with Crippen molar-refractivity contribution in [1.29, 1.82) is 0 Å². The van der Waals surface area contributed by atoms with Crippen LogP contribution in [0.4, 0.5) is 5.69 Å². The number of hydrogen-bond donors (Lipinski definition) is 1. The number of nitrogens with one attached hydrogen (secondary N) is 1. The van der Waals surface area contributed by atoms with E-state index >= 15 is 0 Å². The molecule has 1 aromatic carbocycles. The highest BCUT2D eigenvalue weighted by Crippen LogP contribution is 2.21. The summed E-state index contributed by atoms with van der Waals surface area (Å²) in [5.41, 5.74) is 1.53. The molecule has 0 amide bonds. The summed E-state index contributed by atoms with van der Waals surface area (Å²) < 4.78 is 1.56. The summed E-state index contributed by atoms with van der Waals surface area (Å²) in [4.78, 5) is 26.3. The van der Waals surface area contributed by atoms with Crippen LogP contribution in [0.15, 0.2) is 53.6 Å². The van der Waals surface area contributed by atoms with Crippen LogP contribution in [0.5, 0.6) is 0 Å². The van der Waals surface area contributed by atoms with Crippen molar-refractivity contribution in [2.24, 2.45) is 0 Å². The van der Waals surface area contributed by atoms with E-state index in [0.29, 0.717) is 0 Å². The Labute approximate surface area is 154 Å². The molecule has 2 aromatic rings. The van der Waals surface area contributed by atoms with Crippen molar-refractivity contribution >= 4 is 11.5 Å². The zero-order chi connectivity index (χ0) is 17.6. The Hall–Kier alpha value is -2.89. The van der Waals surface area contributed by atoms with Gasteiger partial charge in [-0.1, -0.05) is 7.43 Å². The summed E-state index contributed by atoms with van der Waals surface area (Å²) in [5, 5.41) is 6.93. The van der Waals surface area contributed by atoms with E-state index in [4.69, 9.17) is 0 Å². The van der Waals surface area contributed by atoms with Gasteiger partial charge in [0.25, 0.3) is 0 Å². The van der Waals surface area contributed by atoms with Gasteiger partial charge >= 0.3 is 0 Å². The first kappa shape index (κ1) is 19.4. The number of rotatable bonds is 5. The highest BCUT2D eigenvalue weighted by Gasteiger charge is 2.12. The minimum absolute atomic E-state index is 0. The molecule has 1 fully saturated rings. The first-order valence-corrected chi connectivity index (χ1v) is 8.52. The Bertz CT molecular complexity index is 818. The normalized spacial score (nSPS) is 14.1. The molecule has 0 bridgehead atoms. The topological polar surface area (TPSA) is 67.2 Å². The summed E-state index contributed by atoms with van der Waals surface area (Å²) in [6, 6.07) is 9.40. The molecular weight excluding hydrogens is 328 g/mol. The maximum absolute atomic E-state index is 12.1. The Morgan fingerprint density at radius 3 is 2.38 bits per heavy atom. The van der Waals surface area contributed by atoms with Gasteiger partial charge in [-0.05, 0) is 43.5 Å². The van der Waals surface area contributed by atoms with Crippen LogP contribution in [0.1, 0.15) is 37.2 Å². The van der Waals surface area contributed by atoms with Crippen molar-refractivity contribution in [3.63, 3.8) is 0 Å². The number of ketones is 1. The first-order chi connectivity index (χ1) is 12.2. The highest BCUT2D eigenvalue weighted by atomic mass is 16.1. The van der Waals surface area contributed by atoms with Gasteiger partial charge in [0, 0.05) is 50.4 Å². The van der Waals surface area contributed by atoms with Gasteiger partial charge < -0.3 is 10.2 Å². The average Bonchev–Trinajstić information content (AvgIpc) is 2.67. The molecule has 0 spiro atoms. The van der Waals surface area contributed by atoms with Crippen LogP contribution in [-0.2, 0) is 0 Å². The molecule has 0 aliphatic carbocycles. The maximum Gasteiger partial charge on any atom is 0.211 e. The third-order valence-electron chi connectivity index (χ3n) is 4.28. The summed E-state index contributed by atoms with van der Waals surface area (Å²) in [5.74, 6) is -0.418. The van der Waals surface area contributed by atoms with Gasteiger partial charge in [0.15, 0.2) is 5.69 Å². The monoisotopic (exact) mass is 354 g/mol. The number of carbonyl (C=O) groups is 1. The van der Waals surface area contributed by atoms with Gasteiger partial charge in [-0.3, -0.25) is 9.59 Å². The van der Waals surface area contributed by atoms with E-state index in [1.165, 1.54) is 43.3 Å². The molecule has 1 saturated heterocycles. The van der Waals surface area contributed by atoms with E-state index in [-0.39, 0.29) is 18.5 Å². The number of hydrogen-bond acceptors (Lipinski definition) is 5. The second kappa shape index (κ2) is 8.99. The van der Waals surface area contributed by atoms with Crippen LogP contribution in [0, 0.1) is 0 Å². The molecule has 6 nitrogen and oxygen atoms in total. The van der Waals surface area contributed by atoms with E-state index in [2.05, 4.69) is 27.4 Å². The molecule has 0 saturated carbocycles. The smallest absolute Gasteiger partial charge is 0.211 e. The van der Waals surface area contributed by atoms with Gasteiger partial charge in [0.2, 0.25) is 11.2 Å². The lowest BCUT2D eigenvalue weighted by atomic mass is 10.1. The number of anilines is 1. The summed E-state index contributed by atoms with van der Waals surface area (Å²) in [6.45, 7) is 2.18. The fourth-order valence-electron chi connectivity index (χ4n) is 2.93. The maximum atomic E-state index is 12.1. The third kappa shape index (κ3) is 4.39. The molecule has 1 aliphatic heterocycles. The number of carbonyl (C=O) groups excluding carboxylic acids is 1. The van der Waals surface area contributed by atoms with E-state index in [9.17, 15) is 9.59 Å². The van der Waals surface area contributed by atoms with E-state index < -0.39 is 5.78 Å². The number of benzene rings is 1. The fraction of sp³-hybridized carbons (Fsp3) is 0.350. The Morgan fingerprint density at radius 1 is 1.08 bits per heavy atom. The van der Waals surface area contributed by atoms with Gasteiger partial charge in [-0.15, -0.1) is 0 Å². The van der Waals surface area contributed by atoms with Crippen molar-refractivity contribution in [3.8, 4) is 5.69 Å². The van der Waals surface area contributed by atoms with Crippen molar-refractivity contribution in [2.75, 3.05) is 25.0 Å². The highest BCUT2D eigenvalue weighted by molar-refractivity contribution is 6.02. The van der Waals surface area contributed by atoms with Gasteiger partial charge in [0.1, 0.15) is 0 Å². The Kier molecular flexibility index (Phi) is 6.72. The predicted molar refractivity (Wildman–Crippen MR) is 105 cm³/mol. The lowest BCUT2D eigenvalue weighted by Gasteiger charge is -2.28. The predicted octanol–water partition coefficient (Wildman–Crippen LogP) is 2.77. The molecule has 1 aromatic heterocycles. The lowest BCUT2D eigenvalue weighted by molar-refractivity contribution is 0.103. The van der Waals surface area contributed by atoms with Crippen LogP contribution < -0.4 is 15.6 Å². The minimum atomic E-state index is -0.418. The van der Waals surface area contributed by atoms with Crippen molar-refractivity contribution in [1.82, 2.24) is 15.1 Å². The fourth-order valence-corrected chi connectivity index (χ4v) is 2.93. The third-order valence-corrected chi connectivity index (χ3v) is 4.28. The molecule has 2 heterocycles. The quantitative estimate of drug-likeness (QED) is 0.661. The van der Waals surface area contributed by atoms with Gasteiger partial charge in [-0.25, -0.2) is 4.68 Å². The van der Waals surface area contributed by atoms with Crippen LogP contribution in [0.2, 0.25) is 0 Å². The zero-order valence-corrected chi connectivity index (χ0v) is 14.3. The number of piperidine rings is 1. The number of nitrogens with zero attached hydrogens (tertiary/aromatic N) is 3. The standard InChI is InChI=1S/C19H22N4O2.CH4/c1-20-11-9-17(24)19-18(25)10-14-23(21-19)16-7-5-15(6-8-16)22-12-3-2-4-13-22;/h5-11,14,20H,2-4,12-13H2,1H3;1H4. The van der Waals surface area contributed by atoms with E-state index in [1.54, 1.807) is 17.9 Å². The summed E-state index contributed by atoms with van der Waals surface area (Å²) in [6.07, 6.45) is 8.12. The minimum Gasteiger partial charge on any atom is -0.394 e. The SMILES string of the molecule is C.CNC=CC(=O)c1nn(-c2ccc(N3CCCCC3)cc2)ccc1=O. The Balaban J connectivity index is 0.00000243. The van der Waals surface area contributed by atoms with Gasteiger partial charge in [-0.2, -0.15) is 5.10 Å². The molecule has 0 unspecified atom stereocenters. The first-order valence-electron chi connectivity index (χ1n) is 8.52. The molecule has 138 valence electrons. The van der Waals surface area contributed by atoms with E-state index in [0.717, 1.165) is 18.8 Å². The van der Waals surface area contributed by atoms with Crippen LogP contribution in [0.25, 0.3) is 5.69 Å². The Morgan fingerprint density at radius 2 is 1.73 bits per heavy atom. The lowest BCUT2D eigenvalue weighted by Crippen LogP contribution is -2.29. The summed E-state index contributed by atoms with van der Waals surface area (Å²) >= 11 is 0. The molecule has 6 heteroatoms. The largest absolute Gasteiger partial charge is 0.394 e. The van der Waals surface area contributed by atoms with Crippen molar-refractivity contribution in [2.45, 2.75) is 26.7 Å². The number of aromatic nitrogens is 2. The van der Waals surface area contributed by atoms with Crippen LogP contribution in [-0.4, -0.2) is 35.7 Å². The van der Waals surface area contributed by atoms with Crippen molar-refractivity contribution in [3.05, 3.63) is 64.7 Å². The van der Waals surface area contributed by atoms with Crippen LogP contribution in [0.3, 0.4) is 0 Å². The van der Waals surface area contributed by atoms with E-state index in [1.807, 2.05) is 12.1 Å². The second-order valence-corrected chi connectivity index (χ2v) is 6.02. The molecule has 1 aliphatic rings. The second-order valence-electron chi connectivity index (χ2n) is 6.02. The average molecular weight is 354 g/mol. The van der Waals surface area contributed by atoms with Crippen LogP contribution >= 0.6 is 0 Å². The van der Waals surface area contributed by atoms with Crippen molar-refractivity contribution < 1.29 is 4.79 Å². The molecule has 1 N–H and O–H groups in total. The molecule has 26 heavy (non-hydrogen) atoms. The zero-order valence-electron chi connectivity index (χ0n) is 14.3. The molecule has 0 atom stereocenters.